The van der Waals surface area contributed by atoms with Crippen LogP contribution in [0.15, 0.2) is 54.7 Å². The Balaban J connectivity index is 1.59. The van der Waals surface area contributed by atoms with Crippen LogP contribution in [0, 0.1) is 6.92 Å². The highest BCUT2D eigenvalue weighted by atomic mass is 16.1. The van der Waals surface area contributed by atoms with Crippen LogP contribution < -0.4 is 10.2 Å². The number of aromatic nitrogens is 3. The number of rotatable bonds is 8. The van der Waals surface area contributed by atoms with E-state index in [0.29, 0.717) is 12.3 Å². The summed E-state index contributed by atoms with van der Waals surface area (Å²) in [5, 5.41) is 3.22. The number of carbonyl (C=O) groups excluding carboxylic acids is 1. The van der Waals surface area contributed by atoms with Crippen molar-refractivity contribution in [2.24, 2.45) is 0 Å². The molecule has 1 amide bonds. The van der Waals surface area contributed by atoms with Gasteiger partial charge in [-0.25, -0.2) is 9.97 Å². The second-order valence-corrected chi connectivity index (χ2v) is 8.48. The minimum Gasteiger partial charge on any atom is -0.363 e. The molecule has 1 aromatic carbocycles. The van der Waals surface area contributed by atoms with Gasteiger partial charge in [0.05, 0.1) is 12.5 Å². The quantitative estimate of drug-likeness (QED) is 0.606. The summed E-state index contributed by atoms with van der Waals surface area (Å²) in [5.41, 5.74) is 3.95. The van der Waals surface area contributed by atoms with Gasteiger partial charge in [0.1, 0.15) is 11.6 Å². The molecule has 1 saturated carbocycles. The molecule has 0 radical (unpaired) electrons. The van der Waals surface area contributed by atoms with Gasteiger partial charge in [-0.2, -0.15) is 0 Å². The maximum atomic E-state index is 12.8. The van der Waals surface area contributed by atoms with Gasteiger partial charge in [0, 0.05) is 50.1 Å². The van der Waals surface area contributed by atoms with E-state index in [2.05, 4.69) is 35.4 Å². The molecule has 31 heavy (non-hydrogen) atoms. The number of hydrogen-bond acceptors (Lipinski definition) is 5. The molecule has 2 aromatic heterocycles. The summed E-state index contributed by atoms with van der Waals surface area (Å²) < 4.78 is 0. The summed E-state index contributed by atoms with van der Waals surface area (Å²) in [4.78, 5) is 28.7. The zero-order valence-electron chi connectivity index (χ0n) is 18.4. The summed E-state index contributed by atoms with van der Waals surface area (Å²) in [5.74, 6) is 2.25. The van der Waals surface area contributed by atoms with E-state index in [1.807, 2.05) is 49.3 Å². The summed E-state index contributed by atoms with van der Waals surface area (Å²) in [7, 11) is 3.99. The number of benzene rings is 1. The SMILES string of the molecule is Cc1cccc(C(Cc2cc(N(C)C)nc(C3CC3)n2)NC(=O)Cc2ccccn2)c1. The number of nitrogens with one attached hydrogen (secondary N) is 1. The Hall–Kier alpha value is -3.28. The van der Waals surface area contributed by atoms with Gasteiger partial charge in [0.15, 0.2) is 0 Å². The second kappa shape index (κ2) is 9.25. The minimum atomic E-state index is -0.173. The van der Waals surface area contributed by atoms with Gasteiger partial charge >= 0.3 is 0 Å². The molecule has 0 aliphatic heterocycles. The molecule has 0 spiro atoms. The predicted molar refractivity (Wildman–Crippen MR) is 122 cm³/mol. The van der Waals surface area contributed by atoms with E-state index >= 15 is 0 Å². The fourth-order valence-corrected chi connectivity index (χ4v) is 3.62. The van der Waals surface area contributed by atoms with Crippen LogP contribution >= 0.6 is 0 Å². The number of amides is 1. The van der Waals surface area contributed by atoms with Crippen molar-refractivity contribution in [3.8, 4) is 0 Å². The topological polar surface area (TPSA) is 71.0 Å². The second-order valence-electron chi connectivity index (χ2n) is 8.48. The first-order valence-electron chi connectivity index (χ1n) is 10.8. The van der Waals surface area contributed by atoms with Crippen molar-refractivity contribution in [2.75, 3.05) is 19.0 Å². The lowest BCUT2D eigenvalue weighted by atomic mass is 9.99. The fraction of sp³-hybridized carbons (Fsp3) is 0.360. The van der Waals surface area contributed by atoms with E-state index in [0.717, 1.165) is 47.0 Å². The molecule has 6 nitrogen and oxygen atoms in total. The molecule has 1 aliphatic rings. The molecule has 1 unspecified atom stereocenters. The molecule has 1 atom stereocenters. The summed E-state index contributed by atoms with van der Waals surface area (Å²) >= 11 is 0. The van der Waals surface area contributed by atoms with Gasteiger partial charge in [0.25, 0.3) is 0 Å². The average Bonchev–Trinajstić information content (AvgIpc) is 3.59. The van der Waals surface area contributed by atoms with Crippen LogP contribution in [-0.2, 0) is 17.6 Å². The minimum absolute atomic E-state index is 0.0467. The Morgan fingerprint density at radius 2 is 1.94 bits per heavy atom. The largest absolute Gasteiger partial charge is 0.363 e. The van der Waals surface area contributed by atoms with Crippen molar-refractivity contribution < 1.29 is 4.79 Å². The van der Waals surface area contributed by atoms with Crippen molar-refractivity contribution in [2.45, 2.75) is 44.6 Å². The van der Waals surface area contributed by atoms with E-state index in [1.165, 1.54) is 0 Å². The summed E-state index contributed by atoms with van der Waals surface area (Å²) in [6.45, 7) is 2.07. The Morgan fingerprint density at radius 1 is 1.10 bits per heavy atom. The molecule has 1 N–H and O–H groups in total. The third-order valence-electron chi connectivity index (χ3n) is 5.44. The molecular formula is C25H29N5O. The normalized spacial score (nSPS) is 14.2. The molecule has 1 aliphatic carbocycles. The van der Waals surface area contributed by atoms with Crippen LogP contribution in [0.2, 0.25) is 0 Å². The third kappa shape index (κ3) is 5.66. The van der Waals surface area contributed by atoms with Crippen molar-refractivity contribution in [3.63, 3.8) is 0 Å². The number of hydrogen-bond donors (Lipinski definition) is 1. The Morgan fingerprint density at radius 3 is 2.61 bits per heavy atom. The van der Waals surface area contributed by atoms with Crippen molar-refractivity contribution >= 4 is 11.7 Å². The number of aryl methyl sites for hydroxylation is 1. The molecule has 2 heterocycles. The first kappa shape index (κ1) is 21.0. The lowest BCUT2D eigenvalue weighted by molar-refractivity contribution is -0.121. The zero-order valence-corrected chi connectivity index (χ0v) is 18.4. The van der Waals surface area contributed by atoms with Crippen LogP contribution in [0.4, 0.5) is 5.82 Å². The number of carbonyl (C=O) groups is 1. The number of pyridine rings is 1. The average molecular weight is 416 g/mol. The van der Waals surface area contributed by atoms with Crippen molar-refractivity contribution in [1.29, 1.82) is 0 Å². The van der Waals surface area contributed by atoms with Crippen LogP contribution in [0.1, 0.15) is 53.1 Å². The lowest BCUT2D eigenvalue weighted by Crippen LogP contribution is -2.31. The smallest absolute Gasteiger partial charge is 0.226 e. The summed E-state index contributed by atoms with van der Waals surface area (Å²) in [6.07, 6.45) is 4.88. The number of anilines is 1. The van der Waals surface area contributed by atoms with Crippen LogP contribution in [0.3, 0.4) is 0 Å². The van der Waals surface area contributed by atoms with E-state index in [4.69, 9.17) is 9.97 Å². The molecule has 160 valence electrons. The van der Waals surface area contributed by atoms with E-state index in [-0.39, 0.29) is 18.4 Å². The first-order valence-corrected chi connectivity index (χ1v) is 10.8. The Kier molecular flexibility index (Phi) is 6.26. The van der Waals surface area contributed by atoms with Crippen molar-refractivity contribution in [1.82, 2.24) is 20.3 Å². The predicted octanol–water partition coefficient (Wildman–Crippen LogP) is 3.77. The molecule has 6 heteroatoms. The van der Waals surface area contributed by atoms with E-state index < -0.39 is 0 Å². The maximum absolute atomic E-state index is 12.8. The molecule has 4 rings (SSSR count). The highest BCUT2D eigenvalue weighted by Gasteiger charge is 2.28. The van der Waals surface area contributed by atoms with Crippen LogP contribution in [0.25, 0.3) is 0 Å². The highest BCUT2D eigenvalue weighted by molar-refractivity contribution is 5.78. The standard InChI is InChI=1S/C25H29N5O/c1-17-7-6-8-19(13-17)22(28-24(31)16-20-9-4-5-12-26-20)14-21-15-23(30(2)3)29-25(27-21)18-10-11-18/h4-9,12-13,15,18,22H,10-11,14,16H2,1-3H3,(H,28,31). The van der Waals surface area contributed by atoms with Crippen molar-refractivity contribution in [3.05, 3.63) is 83.1 Å². The van der Waals surface area contributed by atoms with E-state index in [1.54, 1.807) is 6.20 Å². The molecule has 3 aromatic rings. The molecular weight excluding hydrogens is 386 g/mol. The highest BCUT2D eigenvalue weighted by Crippen LogP contribution is 2.38. The van der Waals surface area contributed by atoms with Gasteiger partial charge in [-0.1, -0.05) is 35.9 Å². The van der Waals surface area contributed by atoms with E-state index in [9.17, 15) is 4.79 Å². The van der Waals surface area contributed by atoms with Crippen LogP contribution in [0.5, 0.6) is 0 Å². The molecule has 0 bridgehead atoms. The summed E-state index contributed by atoms with van der Waals surface area (Å²) in [6, 6.07) is 15.8. The fourth-order valence-electron chi connectivity index (χ4n) is 3.62. The zero-order chi connectivity index (χ0) is 21.8. The Labute approximate surface area is 183 Å². The van der Waals surface area contributed by atoms with Gasteiger partial charge in [-0.05, 0) is 37.5 Å². The lowest BCUT2D eigenvalue weighted by Gasteiger charge is -2.21. The van der Waals surface area contributed by atoms with Gasteiger partial charge in [-0.15, -0.1) is 0 Å². The van der Waals surface area contributed by atoms with Gasteiger partial charge in [-0.3, -0.25) is 9.78 Å². The molecule has 0 saturated heterocycles. The first-order chi connectivity index (χ1) is 15.0. The van der Waals surface area contributed by atoms with Crippen LogP contribution in [-0.4, -0.2) is 35.0 Å². The maximum Gasteiger partial charge on any atom is 0.226 e. The molecule has 1 fully saturated rings. The third-order valence-corrected chi connectivity index (χ3v) is 5.44. The Bertz CT molecular complexity index is 1030. The van der Waals surface area contributed by atoms with Gasteiger partial charge in [0.2, 0.25) is 5.91 Å². The number of nitrogens with zero attached hydrogens (tertiary/aromatic N) is 4. The monoisotopic (exact) mass is 415 g/mol. The van der Waals surface area contributed by atoms with Gasteiger partial charge < -0.3 is 10.2 Å².